The monoisotopic (exact) mass is 233 g/mol. The molecular formula is C12H12FN3O. The minimum absolute atomic E-state index is 0.276. The van der Waals surface area contributed by atoms with Gasteiger partial charge in [-0.2, -0.15) is 0 Å². The Balaban J connectivity index is 2.45. The van der Waals surface area contributed by atoms with Crippen molar-refractivity contribution in [2.75, 3.05) is 7.11 Å². The van der Waals surface area contributed by atoms with E-state index in [-0.39, 0.29) is 6.54 Å². The number of hydrogen-bond acceptors (Lipinski definition) is 4. The summed E-state index contributed by atoms with van der Waals surface area (Å²) in [6.07, 6.45) is 3.06. The maximum atomic E-state index is 13.8. The Kier molecular flexibility index (Phi) is 3.30. The molecule has 0 saturated carbocycles. The molecule has 1 aromatic heterocycles. The molecule has 0 spiro atoms. The van der Waals surface area contributed by atoms with Gasteiger partial charge in [0.15, 0.2) is 0 Å². The number of methoxy groups -OCH3 is 1. The van der Waals surface area contributed by atoms with Crippen molar-refractivity contribution >= 4 is 0 Å². The van der Waals surface area contributed by atoms with E-state index < -0.39 is 5.82 Å². The van der Waals surface area contributed by atoms with Crippen LogP contribution in [0.3, 0.4) is 0 Å². The minimum atomic E-state index is -0.396. The average molecular weight is 233 g/mol. The van der Waals surface area contributed by atoms with Gasteiger partial charge >= 0.3 is 0 Å². The molecule has 0 unspecified atom stereocenters. The van der Waals surface area contributed by atoms with Crippen LogP contribution in [0, 0.1) is 5.82 Å². The van der Waals surface area contributed by atoms with E-state index in [2.05, 4.69) is 9.97 Å². The quantitative estimate of drug-likeness (QED) is 0.877. The molecule has 0 aliphatic rings. The zero-order chi connectivity index (χ0) is 12.3. The van der Waals surface area contributed by atoms with Gasteiger partial charge in [0.2, 0.25) is 0 Å². The fourth-order valence-corrected chi connectivity index (χ4v) is 1.47. The first-order chi connectivity index (χ1) is 8.24. The van der Waals surface area contributed by atoms with Crippen molar-refractivity contribution in [1.29, 1.82) is 0 Å². The maximum Gasteiger partial charge on any atom is 0.136 e. The Bertz CT molecular complexity index is 531. The summed E-state index contributed by atoms with van der Waals surface area (Å²) in [6, 6.07) is 4.60. The van der Waals surface area contributed by atoms with Gasteiger partial charge in [-0.05, 0) is 12.1 Å². The first-order valence-electron chi connectivity index (χ1n) is 5.09. The van der Waals surface area contributed by atoms with Crippen LogP contribution < -0.4 is 10.5 Å². The number of rotatable bonds is 3. The highest BCUT2D eigenvalue weighted by molar-refractivity contribution is 5.60. The van der Waals surface area contributed by atoms with E-state index in [0.717, 1.165) is 0 Å². The molecule has 2 N–H and O–H groups in total. The van der Waals surface area contributed by atoms with Crippen LogP contribution >= 0.6 is 0 Å². The molecule has 88 valence electrons. The third-order valence-electron chi connectivity index (χ3n) is 2.35. The van der Waals surface area contributed by atoms with Crippen LogP contribution in [0.4, 0.5) is 4.39 Å². The summed E-state index contributed by atoms with van der Waals surface area (Å²) < 4.78 is 18.7. The molecule has 0 aliphatic heterocycles. The van der Waals surface area contributed by atoms with E-state index >= 15 is 0 Å². The number of ether oxygens (including phenoxy) is 1. The lowest BCUT2D eigenvalue weighted by molar-refractivity contribution is 0.411. The summed E-state index contributed by atoms with van der Waals surface area (Å²) in [5.41, 5.74) is 6.94. The predicted molar refractivity (Wildman–Crippen MR) is 61.9 cm³/mol. The van der Waals surface area contributed by atoms with Crippen LogP contribution in [0.2, 0.25) is 0 Å². The molecule has 0 amide bonds. The first-order valence-corrected chi connectivity index (χ1v) is 5.09. The summed E-state index contributed by atoms with van der Waals surface area (Å²) in [7, 11) is 1.49. The van der Waals surface area contributed by atoms with Gasteiger partial charge in [0.05, 0.1) is 24.7 Å². The SMILES string of the molecule is COc1ccc(-c2cncc(CN)n2)c(F)c1. The lowest BCUT2D eigenvalue weighted by Gasteiger charge is -2.05. The lowest BCUT2D eigenvalue weighted by Crippen LogP contribution is -2.01. The Morgan fingerprint density at radius 3 is 2.82 bits per heavy atom. The highest BCUT2D eigenvalue weighted by Crippen LogP contribution is 2.24. The number of aromatic nitrogens is 2. The molecule has 0 radical (unpaired) electrons. The molecule has 2 aromatic rings. The van der Waals surface area contributed by atoms with E-state index in [0.29, 0.717) is 22.7 Å². The zero-order valence-corrected chi connectivity index (χ0v) is 9.35. The van der Waals surface area contributed by atoms with Gasteiger partial charge in [0.1, 0.15) is 11.6 Å². The first kappa shape index (κ1) is 11.5. The number of hydrogen-bond donors (Lipinski definition) is 1. The summed E-state index contributed by atoms with van der Waals surface area (Å²) in [5, 5.41) is 0. The number of nitrogens with two attached hydrogens (primary N) is 1. The molecule has 0 saturated heterocycles. The minimum Gasteiger partial charge on any atom is -0.497 e. The maximum absolute atomic E-state index is 13.8. The van der Waals surface area contributed by atoms with Crippen molar-refractivity contribution in [3.63, 3.8) is 0 Å². The topological polar surface area (TPSA) is 61.0 Å². The summed E-state index contributed by atoms with van der Waals surface area (Å²) in [4.78, 5) is 8.18. The molecule has 4 nitrogen and oxygen atoms in total. The molecule has 5 heteroatoms. The van der Waals surface area contributed by atoms with Crippen LogP contribution in [0.25, 0.3) is 11.3 Å². The Hall–Kier alpha value is -2.01. The van der Waals surface area contributed by atoms with Gasteiger partial charge in [-0.25, -0.2) is 9.37 Å². The van der Waals surface area contributed by atoms with Gasteiger partial charge in [-0.3, -0.25) is 4.98 Å². The van der Waals surface area contributed by atoms with E-state index in [9.17, 15) is 4.39 Å². The van der Waals surface area contributed by atoms with Gasteiger partial charge in [-0.15, -0.1) is 0 Å². The molecule has 2 rings (SSSR count). The van der Waals surface area contributed by atoms with Crippen LogP contribution in [-0.2, 0) is 6.54 Å². The lowest BCUT2D eigenvalue weighted by atomic mass is 10.1. The summed E-state index contributed by atoms with van der Waals surface area (Å²) in [6.45, 7) is 0.276. The van der Waals surface area contributed by atoms with Crippen molar-refractivity contribution in [3.8, 4) is 17.0 Å². The molecule has 1 aromatic carbocycles. The van der Waals surface area contributed by atoms with Gasteiger partial charge in [-0.1, -0.05) is 0 Å². The molecule has 0 aliphatic carbocycles. The summed E-state index contributed by atoms with van der Waals surface area (Å²) >= 11 is 0. The number of nitrogens with zero attached hydrogens (tertiary/aromatic N) is 2. The Morgan fingerprint density at radius 2 is 2.18 bits per heavy atom. The molecule has 0 bridgehead atoms. The van der Waals surface area contributed by atoms with Crippen LogP contribution in [0.5, 0.6) is 5.75 Å². The smallest absolute Gasteiger partial charge is 0.136 e. The van der Waals surface area contributed by atoms with Crippen LogP contribution in [-0.4, -0.2) is 17.1 Å². The van der Waals surface area contributed by atoms with Crippen molar-refractivity contribution in [1.82, 2.24) is 9.97 Å². The second-order valence-corrected chi connectivity index (χ2v) is 3.45. The number of halogens is 1. The molecular weight excluding hydrogens is 221 g/mol. The van der Waals surface area contributed by atoms with Crippen molar-refractivity contribution in [3.05, 3.63) is 42.1 Å². The second kappa shape index (κ2) is 4.88. The van der Waals surface area contributed by atoms with Crippen molar-refractivity contribution < 1.29 is 9.13 Å². The third-order valence-corrected chi connectivity index (χ3v) is 2.35. The Morgan fingerprint density at radius 1 is 1.35 bits per heavy atom. The van der Waals surface area contributed by atoms with E-state index in [1.165, 1.54) is 19.4 Å². The third kappa shape index (κ3) is 2.39. The predicted octanol–water partition coefficient (Wildman–Crippen LogP) is 1.75. The normalized spacial score (nSPS) is 10.3. The van der Waals surface area contributed by atoms with E-state index in [1.54, 1.807) is 18.3 Å². The molecule has 17 heavy (non-hydrogen) atoms. The van der Waals surface area contributed by atoms with Crippen molar-refractivity contribution in [2.45, 2.75) is 6.54 Å². The standard InChI is InChI=1S/C12H12FN3O/c1-17-9-2-3-10(11(13)4-9)12-7-15-6-8(5-14)16-12/h2-4,6-7H,5,14H2,1H3. The van der Waals surface area contributed by atoms with Gasteiger partial charge in [0, 0.05) is 24.4 Å². The van der Waals surface area contributed by atoms with E-state index in [1.807, 2.05) is 0 Å². The van der Waals surface area contributed by atoms with Gasteiger partial charge in [0.25, 0.3) is 0 Å². The molecule has 0 atom stereocenters. The Labute approximate surface area is 98.3 Å². The van der Waals surface area contributed by atoms with Crippen molar-refractivity contribution in [2.24, 2.45) is 5.73 Å². The highest BCUT2D eigenvalue weighted by atomic mass is 19.1. The van der Waals surface area contributed by atoms with Crippen LogP contribution in [0.1, 0.15) is 5.69 Å². The molecule has 1 heterocycles. The fraction of sp³-hybridized carbons (Fsp3) is 0.167. The molecule has 0 fully saturated rings. The zero-order valence-electron chi connectivity index (χ0n) is 9.35. The highest BCUT2D eigenvalue weighted by Gasteiger charge is 2.08. The fourth-order valence-electron chi connectivity index (χ4n) is 1.47. The summed E-state index contributed by atoms with van der Waals surface area (Å²) in [5.74, 6) is 0.0713. The average Bonchev–Trinajstić information content (AvgIpc) is 2.38. The van der Waals surface area contributed by atoms with E-state index in [4.69, 9.17) is 10.5 Å². The van der Waals surface area contributed by atoms with Gasteiger partial charge < -0.3 is 10.5 Å². The number of benzene rings is 1. The van der Waals surface area contributed by atoms with Crippen LogP contribution in [0.15, 0.2) is 30.6 Å². The largest absolute Gasteiger partial charge is 0.497 e. The second-order valence-electron chi connectivity index (χ2n) is 3.45.